The maximum Gasteiger partial charge on any atom is 0.261 e. The Morgan fingerprint density at radius 1 is 1.42 bits per heavy atom. The van der Waals surface area contributed by atoms with Gasteiger partial charge in [-0.05, 0) is 24.1 Å². The van der Waals surface area contributed by atoms with Gasteiger partial charge in [-0.15, -0.1) is 0 Å². The summed E-state index contributed by atoms with van der Waals surface area (Å²) in [5.74, 6) is -1.06. The van der Waals surface area contributed by atoms with Crippen LogP contribution in [0, 0.1) is 11.7 Å². The molecule has 0 fully saturated rings. The van der Waals surface area contributed by atoms with Gasteiger partial charge in [0.05, 0.1) is 4.90 Å². The van der Waals surface area contributed by atoms with Gasteiger partial charge < -0.3 is 5.32 Å². The van der Waals surface area contributed by atoms with Crippen molar-refractivity contribution >= 4 is 25.6 Å². The molecular formula is C12H15ClFNO3S. The number of hydrogen-bond acceptors (Lipinski definition) is 3. The molecule has 0 bridgehead atoms. The van der Waals surface area contributed by atoms with Crippen LogP contribution in [0.3, 0.4) is 0 Å². The molecule has 106 valence electrons. The Kier molecular flexibility index (Phi) is 5.31. The Balaban J connectivity index is 2.95. The van der Waals surface area contributed by atoms with Crippen LogP contribution < -0.4 is 5.32 Å². The molecule has 0 spiro atoms. The number of carbonyl (C=O) groups excluding carboxylic acids is 1. The summed E-state index contributed by atoms with van der Waals surface area (Å²) in [7, 11) is 1.07. The first-order valence-corrected chi connectivity index (χ1v) is 8.08. The monoisotopic (exact) mass is 307 g/mol. The highest BCUT2D eigenvalue weighted by Crippen LogP contribution is 2.18. The molecule has 1 unspecified atom stereocenters. The average molecular weight is 308 g/mol. The van der Waals surface area contributed by atoms with Gasteiger partial charge in [-0.3, -0.25) is 4.79 Å². The third kappa shape index (κ3) is 4.80. The van der Waals surface area contributed by atoms with Crippen molar-refractivity contribution in [2.24, 2.45) is 5.92 Å². The standard InChI is InChI=1S/C12H15ClFNO3S/c1-3-8(2)7-15-12(16)9-4-10(14)6-11(5-9)19(13,17)18/h4-6,8H,3,7H2,1-2H3,(H,15,16). The molecule has 4 nitrogen and oxygen atoms in total. The van der Waals surface area contributed by atoms with Gasteiger partial charge in [0.1, 0.15) is 5.82 Å². The van der Waals surface area contributed by atoms with Crippen LogP contribution in [0.25, 0.3) is 0 Å². The summed E-state index contributed by atoms with van der Waals surface area (Å²) < 4.78 is 35.6. The second-order valence-corrected chi connectivity index (χ2v) is 6.90. The zero-order valence-electron chi connectivity index (χ0n) is 10.6. The van der Waals surface area contributed by atoms with Crippen molar-refractivity contribution in [3.63, 3.8) is 0 Å². The predicted octanol–water partition coefficient (Wildman–Crippen LogP) is 2.53. The normalized spacial score (nSPS) is 13.1. The molecule has 1 rings (SSSR count). The molecule has 0 heterocycles. The summed E-state index contributed by atoms with van der Waals surface area (Å²) in [6.07, 6.45) is 0.894. The fourth-order valence-electron chi connectivity index (χ4n) is 1.35. The Morgan fingerprint density at radius 2 is 2.05 bits per heavy atom. The van der Waals surface area contributed by atoms with Gasteiger partial charge in [-0.1, -0.05) is 20.3 Å². The van der Waals surface area contributed by atoms with Crippen molar-refractivity contribution in [3.8, 4) is 0 Å². The van der Waals surface area contributed by atoms with Crippen LogP contribution in [0.2, 0.25) is 0 Å². The van der Waals surface area contributed by atoms with E-state index in [0.29, 0.717) is 6.54 Å². The van der Waals surface area contributed by atoms with Gasteiger partial charge in [0.15, 0.2) is 0 Å². The summed E-state index contributed by atoms with van der Waals surface area (Å²) in [6.45, 7) is 4.38. The van der Waals surface area contributed by atoms with Gasteiger partial charge in [0.25, 0.3) is 15.0 Å². The van der Waals surface area contributed by atoms with Crippen LogP contribution >= 0.6 is 10.7 Å². The maximum atomic E-state index is 13.3. The van der Waals surface area contributed by atoms with E-state index in [4.69, 9.17) is 10.7 Å². The first-order chi connectivity index (χ1) is 8.74. The minimum absolute atomic E-state index is 0.0671. The van der Waals surface area contributed by atoms with E-state index in [1.54, 1.807) is 0 Å². The number of nitrogens with one attached hydrogen (secondary N) is 1. The summed E-state index contributed by atoms with van der Waals surface area (Å²) in [5, 5.41) is 2.61. The van der Waals surface area contributed by atoms with E-state index < -0.39 is 25.7 Å². The second kappa shape index (κ2) is 6.34. The highest BCUT2D eigenvalue weighted by Gasteiger charge is 2.16. The van der Waals surface area contributed by atoms with Crippen LogP contribution in [-0.2, 0) is 9.05 Å². The lowest BCUT2D eigenvalue weighted by atomic mass is 10.1. The molecule has 0 aliphatic carbocycles. The van der Waals surface area contributed by atoms with Crippen LogP contribution in [0.4, 0.5) is 4.39 Å². The van der Waals surface area contributed by atoms with Gasteiger partial charge in [-0.2, -0.15) is 0 Å². The Bertz CT molecular complexity index is 574. The van der Waals surface area contributed by atoms with E-state index in [2.05, 4.69) is 5.32 Å². The first kappa shape index (κ1) is 15.9. The quantitative estimate of drug-likeness (QED) is 0.850. The third-order valence-corrected chi connectivity index (χ3v) is 4.06. The SMILES string of the molecule is CCC(C)CNC(=O)c1cc(F)cc(S(=O)(=O)Cl)c1. The Morgan fingerprint density at radius 3 is 2.58 bits per heavy atom. The highest BCUT2D eigenvalue weighted by atomic mass is 35.7. The van der Waals surface area contributed by atoms with Crippen molar-refractivity contribution in [3.05, 3.63) is 29.6 Å². The Hall–Kier alpha value is -1.14. The third-order valence-electron chi connectivity index (χ3n) is 2.72. The zero-order valence-corrected chi connectivity index (χ0v) is 12.2. The average Bonchev–Trinajstić information content (AvgIpc) is 2.33. The van der Waals surface area contributed by atoms with Gasteiger partial charge >= 0.3 is 0 Å². The van der Waals surface area contributed by atoms with Crippen molar-refractivity contribution in [2.45, 2.75) is 25.2 Å². The number of rotatable bonds is 5. The van der Waals surface area contributed by atoms with Crippen LogP contribution in [0.1, 0.15) is 30.6 Å². The number of benzene rings is 1. The molecule has 0 aromatic heterocycles. The van der Waals surface area contributed by atoms with Crippen molar-refractivity contribution < 1.29 is 17.6 Å². The van der Waals surface area contributed by atoms with Gasteiger partial charge in [-0.25, -0.2) is 12.8 Å². The largest absolute Gasteiger partial charge is 0.352 e. The number of hydrogen-bond donors (Lipinski definition) is 1. The molecule has 1 N–H and O–H groups in total. The van der Waals surface area contributed by atoms with E-state index in [1.165, 1.54) is 0 Å². The van der Waals surface area contributed by atoms with Crippen molar-refractivity contribution in [1.82, 2.24) is 5.32 Å². The summed E-state index contributed by atoms with van der Waals surface area (Å²) in [4.78, 5) is 11.4. The van der Waals surface area contributed by atoms with Gasteiger partial charge in [0.2, 0.25) is 0 Å². The molecule has 0 aliphatic rings. The zero-order chi connectivity index (χ0) is 14.6. The molecule has 19 heavy (non-hydrogen) atoms. The number of halogens is 2. The van der Waals surface area contributed by atoms with Gasteiger partial charge in [0, 0.05) is 22.8 Å². The lowest BCUT2D eigenvalue weighted by molar-refractivity contribution is 0.0947. The molecule has 1 amide bonds. The molecule has 1 atom stereocenters. The molecule has 0 aliphatic heterocycles. The number of carbonyl (C=O) groups is 1. The predicted molar refractivity (Wildman–Crippen MR) is 71.2 cm³/mol. The summed E-state index contributed by atoms with van der Waals surface area (Å²) in [5.41, 5.74) is -0.0671. The van der Waals surface area contributed by atoms with E-state index in [0.717, 1.165) is 24.6 Å². The van der Waals surface area contributed by atoms with Crippen molar-refractivity contribution in [1.29, 1.82) is 0 Å². The minimum atomic E-state index is -4.07. The lowest BCUT2D eigenvalue weighted by Crippen LogP contribution is -2.28. The summed E-state index contributed by atoms with van der Waals surface area (Å²) in [6, 6.07) is 2.79. The highest BCUT2D eigenvalue weighted by molar-refractivity contribution is 8.13. The minimum Gasteiger partial charge on any atom is -0.352 e. The van der Waals surface area contributed by atoms with Crippen LogP contribution in [0.5, 0.6) is 0 Å². The summed E-state index contributed by atoms with van der Waals surface area (Å²) >= 11 is 0. The molecule has 7 heteroatoms. The van der Waals surface area contributed by atoms with E-state index in [9.17, 15) is 17.6 Å². The topological polar surface area (TPSA) is 63.2 Å². The maximum absolute atomic E-state index is 13.3. The Labute approximate surface area is 116 Å². The van der Waals surface area contributed by atoms with E-state index >= 15 is 0 Å². The fraction of sp³-hybridized carbons (Fsp3) is 0.417. The van der Waals surface area contributed by atoms with Crippen LogP contribution in [-0.4, -0.2) is 20.9 Å². The lowest BCUT2D eigenvalue weighted by Gasteiger charge is -2.10. The molecule has 1 aromatic carbocycles. The molecule has 1 aromatic rings. The van der Waals surface area contributed by atoms with Crippen molar-refractivity contribution in [2.75, 3.05) is 6.54 Å². The molecule has 0 saturated heterocycles. The fourth-order valence-corrected chi connectivity index (χ4v) is 2.14. The first-order valence-electron chi connectivity index (χ1n) is 5.77. The molecule has 0 radical (unpaired) electrons. The molecular weight excluding hydrogens is 293 g/mol. The van der Waals surface area contributed by atoms with E-state index in [-0.39, 0.29) is 11.5 Å². The smallest absolute Gasteiger partial charge is 0.261 e. The number of amides is 1. The van der Waals surface area contributed by atoms with Crippen LogP contribution in [0.15, 0.2) is 23.1 Å². The second-order valence-electron chi connectivity index (χ2n) is 4.34. The van der Waals surface area contributed by atoms with E-state index in [1.807, 2.05) is 13.8 Å². The molecule has 0 saturated carbocycles.